The highest BCUT2D eigenvalue weighted by molar-refractivity contribution is 6.16. The third-order valence-corrected chi connectivity index (χ3v) is 5.49. The molecule has 4 rings (SSSR count). The molecule has 1 amide bonds. The first-order chi connectivity index (χ1) is 17.6. The molecule has 192 valence electrons. The van der Waals surface area contributed by atoms with Crippen LogP contribution in [0.2, 0.25) is 0 Å². The van der Waals surface area contributed by atoms with Crippen molar-refractivity contribution in [1.82, 2.24) is 20.3 Å². The molecule has 0 aliphatic carbocycles. The summed E-state index contributed by atoms with van der Waals surface area (Å²) < 4.78 is 75.2. The number of nitrogen functional groups attached to an aromatic ring is 1. The third kappa shape index (κ3) is 5.06. The number of benzene rings is 2. The summed E-state index contributed by atoms with van der Waals surface area (Å²) in [5.74, 6) is -9.97. The number of hydrogen-bond donors (Lipinski definition) is 2. The minimum Gasteiger partial charge on any atom is -0.451 e. The number of hydrogen-bond acceptors (Lipinski definition) is 7. The lowest BCUT2D eigenvalue weighted by atomic mass is 9.98. The minimum atomic E-state index is -1.77. The molecule has 0 saturated heterocycles. The summed E-state index contributed by atoms with van der Waals surface area (Å²) in [6, 6.07) is 2.77. The number of halogens is 5. The fourth-order valence-corrected chi connectivity index (χ4v) is 3.56. The first-order valence-corrected chi connectivity index (χ1v) is 10.8. The molecule has 1 aliphatic heterocycles. The van der Waals surface area contributed by atoms with Crippen LogP contribution in [-0.2, 0) is 11.3 Å². The van der Waals surface area contributed by atoms with Crippen molar-refractivity contribution in [3.8, 4) is 11.5 Å². The Bertz CT molecular complexity index is 1400. The van der Waals surface area contributed by atoms with Gasteiger partial charge >= 0.3 is 0 Å². The van der Waals surface area contributed by atoms with Crippen molar-refractivity contribution in [2.45, 2.75) is 19.5 Å². The van der Waals surface area contributed by atoms with Crippen molar-refractivity contribution in [2.75, 3.05) is 12.3 Å². The fourth-order valence-electron chi connectivity index (χ4n) is 3.56. The molecule has 0 spiro atoms. The Morgan fingerprint density at radius 2 is 1.86 bits per heavy atom. The zero-order valence-electron chi connectivity index (χ0n) is 19.2. The summed E-state index contributed by atoms with van der Waals surface area (Å²) in [5, 5.41) is 8.71. The van der Waals surface area contributed by atoms with E-state index in [1.807, 2.05) is 0 Å². The third-order valence-electron chi connectivity index (χ3n) is 5.49. The monoisotopic (exact) mass is 518 g/mol. The number of amides is 1. The maximum Gasteiger partial charge on any atom is 0.243 e. The number of nitrogens with two attached hydrogens (primary N) is 1. The summed E-state index contributed by atoms with van der Waals surface area (Å²) in [7, 11) is 0. The highest BCUT2D eigenvalue weighted by Gasteiger charge is 2.29. The van der Waals surface area contributed by atoms with Crippen LogP contribution in [0.4, 0.5) is 27.8 Å². The molecule has 0 saturated carbocycles. The lowest BCUT2D eigenvalue weighted by Gasteiger charge is -2.32. The Balaban J connectivity index is 1.71. The number of carbonyl (C=O) groups is 1. The molecule has 1 atom stereocenters. The lowest BCUT2D eigenvalue weighted by Crippen LogP contribution is -2.41. The Morgan fingerprint density at radius 1 is 1.16 bits per heavy atom. The molecule has 3 N–H and O–H groups in total. The molecule has 37 heavy (non-hydrogen) atoms. The van der Waals surface area contributed by atoms with Gasteiger partial charge < -0.3 is 15.8 Å². The predicted molar refractivity (Wildman–Crippen MR) is 123 cm³/mol. The largest absolute Gasteiger partial charge is 0.451 e. The molecule has 1 aromatic heterocycles. The van der Waals surface area contributed by atoms with Crippen molar-refractivity contribution in [1.29, 1.82) is 0 Å². The van der Waals surface area contributed by atoms with Crippen LogP contribution in [0.1, 0.15) is 23.7 Å². The molecule has 8 nitrogen and oxygen atoms in total. The van der Waals surface area contributed by atoms with Crippen molar-refractivity contribution < 1.29 is 31.5 Å². The van der Waals surface area contributed by atoms with E-state index in [2.05, 4.69) is 27.0 Å². The van der Waals surface area contributed by atoms with E-state index in [0.717, 1.165) is 18.2 Å². The lowest BCUT2D eigenvalue weighted by molar-refractivity contribution is -0.116. The summed E-state index contributed by atoms with van der Waals surface area (Å²) in [5.41, 5.74) is 6.72. The Morgan fingerprint density at radius 3 is 2.51 bits per heavy atom. The molecular formula is C24H19F5N6O2. The van der Waals surface area contributed by atoms with E-state index in [0.29, 0.717) is 5.69 Å². The summed E-state index contributed by atoms with van der Waals surface area (Å²) in [6.07, 6.45) is 2.36. The number of anilines is 1. The number of nitrogens with zero attached hydrogens (tertiary/aromatic N) is 4. The summed E-state index contributed by atoms with van der Waals surface area (Å²) in [6.45, 7) is 5.53. The highest BCUT2D eigenvalue weighted by Crippen LogP contribution is 2.33. The van der Waals surface area contributed by atoms with Gasteiger partial charge in [-0.15, -0.1) is 0 Å². The van der Waals surface area contributed by atoms with Gasteiger partial charge in [-0.05, 0) is 25.1 Å². The van der Waals surface area contributed by atoms with Gasteiger partial charge in [-0.25, -0.2) is 23.1 Å². The number of rotatable bonds is 7. The molecule has 0 bridgehead atoms. The van der Waals surface area contributed by atoms with Crippen LogP contribution in [-0.4, -0.2) is 39.2 Å². The number of hydrazone groups is 1. The molecule has 3 aromatic rings. The van der Waals surface area contributed by atoms with E-state index in [9.17, 15) is 22.4 Å². The molecule has 0 radical (unpaired) electrons. The zero-order valence-corrected chi connectivity index (χ0v) is 19.2. The second kappa shape index (κ2) is 10.2. The van der Waals surface area contributed by atoms with E-state index in [4.69, 9.17) is 10.5 Å². The molecule has 13 heteroatoms. The SMILES string of the molecule is C=CC(=O)NCC(C)N1Cc2ncnc(N)c2C(c2ccc(Oc3c(F)c(F)cc(F)c3F)cc2F)=N1. The van der Waals surface area contributed by atoms with Crippen molar-refractivity contribution in [3.05, 3.63) is 89.2 Å². The number of carbonyl (C=O) groups excluding carboxylic acids is 1. The average molecular weight is 518 g/mol. The standard InChI is InChI=1S/C24H19F5N6O2/c1-3-18(36)31-8-11(2)35-9-17-19(24(30)33-10-32-17)22(34-35)13-5-4-12(6-14(13)25)37-23-20(28)15(26)7-16(27)21(23)29/h3-7,10-11H,1,8-9H2,2H3,(H,31,36)(H2,30,32,33). The number of fused-ring (bicyclic) bond motifs is 1. The molecule has 0 fully saturated rings. The van der Waals surface area contributed by atoms with Gasteiger partial charge in [0.2, 0.25) is 23.3 Å². The highest BCUT2D eigenvalue weighted by atomic mass is 19.2. The van der Waals surface area contributed by atoms with E-state index >= 15 is 4.39 Å². The summed E-state index contributed by atoms with van der Waals surface area (Å²) >= 11 is 0. The van der Waals surface area contributed by atoms with Gasteiger partial charge in [-0.2, -0.15) is 13.9 Å². The average Bonchev–Trinajstić information content (AvgIpc) is 2.88. The molecular weight excluding hydrogens is 499 g/mol. The first kappa shape index (κ1) is 25.5. The maximum absolute atomic E-state index is 15.3. The molecule has 1 unspecified atom stereocenters. The zero-order chi connectivity index (χ0) is 26.9. The van der Waals surface area contributed by atoms with Crippen molar-refractivity contribution >= 4 is 17.4 Å². The van der Waals surface area contributed by atoms with E-state index < -0.39 is 40.6 Å². The molecule has 1 aliphatic rings. The van der Waals surface area contributed by atoms with Crippen LogP contribution in [0, 0.1) is 29.1 Å². The van der Waals surface area contributed by atoms with Crippen LogP contribution in [0.5, 0.6) is 11.5 Å². The fraction of sp³-hybridized carbons (Fsp3) is 0.167. The van der Waals surface area contributed by atoms with Gasteiger partial charge in [0.15, 0.2) is 11.6 Å². The number of nitrogens with one attached hydrogen (secondary N) is 1. The summed E-state index contributed by atoms with van der Waals surface area (Å²) in [4.78, 5) is 19.7. The van der Waals surface area contributed by atoms with Crippen LogP contribution < -0.4 is 15.8 Å². The van der Waals surface area contributed by atoms with Crippen molar-refractivity contribution in [3.63, 3.8) is 0 Å². The van der Waals surface area contributed by atoms with Gasteiger partial charge in [0.25, 0.3) is 0 Å². The Labute approximate surface area is 207 Å². The second-order valence-electron chi connectivity index (χ2n) is 7.97. The van der Waals surface area contributed by atoms with Gasteiger partial charge in [-0.1, -0.05) is 6.58 Å². The Hall–Kier alpha value is -4.55. The first-order valence-electron chi connectivity index (χ1n) is 10.8. The Kier molecular flexibility index (Phi) is 7.05. The van der Waals surface area contributed by atoms with Crippen molar-refractivity contribution in [2.24, 2.45) is 5.10 Å². The van der Waals surface area contributed by atoms with Gasteiger partial charge in [0, 0.05) is 24.2 Å². The second-order valence-corrected chi connectivity index (χ2v) is 7.97. The van der Waals surface area contributed by atoms with Gasteiger partial charge in [0.05, 0.1) is 23.8 Å². The van der Waals surface area contributed by atoms with Crippen LogP contribution in [0.3, 0.4) is 0 Å². The van der Waals surface area contributed by atoms with Gasteiger partial charge in [-0.3, -0.25) is 9.80 Å². The smallest absolute Gasteiger partial charge is 0.243 e. The van der Waals surface area contributed by atoms with Crippen LogP contribution >= 0.6 is 0 Å². The van der Waals surface area contributed by atoms with E-state index in [1.54, 1.807) is 11.9 Å². The minimum absolute atomic E-state index is 0.0297. The number of aromatic nitrogens is 2. The molecule has 2 aromatic carbocycles. The normalized spacial score (nSPS) is 13.5. The van der Waals surface area contributed by atoms with E-state index in [1.165, 1.54) is 12.4 Å². The van der Waals surface area contributed by atoms with Gasteiger partial charge in [0.1, 0.15) is 29.4 Å². The van der Waals surface area contributed by atoms with Crippen LogP contribution in [0.25, 0.3) is 0 Å². The predicted octanol–water partition coefficient (Wildman–Crippen LogP) is 3.81. The maximum atomic E-state index is 15.3. The van der Waals surface area contributed by atoms with Crippen LogP contribution in [0.15, 0.2) is 48.3 Å². The quantitative estimate of drug-likeness (QED) is 0.280. The molecule has 2 heterocycles. The van der Waals surface area contributed by atoms with E-state index in [-0.39, 0.29) is 53.8 Å². The topological polar surface area (TPSA) is 106 Å². The number of ether oxygens (including phenoxy) is 1.